The zero-order chi connectivity index (χ0) is 15.7. The summed E-state index contributed by atoms with van der Waals surface area (Å²) < 4.78 is 14.1. The normalized spacial score (nSPS) is 10.3. The Morgan fingerprint density at radius 2 is 2.14 bits per heavy atom. The SMILES string of the molecule is CC(C)CN(CCC#N)Cc1ccc(C#CCO)cc1F. The Bertz CT molecular complexity index is 552. The van der Waals surface area contributed by atoms with E-state index in [0.29, 0.717) is 36.6 Å². The highest BCUT2D eigenvalue weighted by Crippen LogP contribution is 2.14. The largest absolute Gasteiger partial charge is 0.384 e. The van der Waals surface area contributed by atoms with Crippen LogP contribution in [0, 0.1) is 34.9 Å². The molecule has 1 aromatic rings. The maximum absolute atomic E-state index is 14.1. The summed E-state index contributed by atoms with van der Waals surface area (Å²) in [6.45, 7) is 5.92. The molecular weight excluding hydrogens is 267 g/mol. The maximum Gasteiger partial charge on any atom is 0.128 e. The van der Waals surface area contributed by atoms with Crippen LogP contribution in [0.5, 0.6) is 0 Å². The van der Waals surface area contributed by atoms with Crippen LogP contribution in [-0.4, -0.2) is 29.7 Å². The summed E-state index contributed by atoms with van der Waals surface area (Å²) in [6, 6.07) is 6.98. The minimum atomic E-state index is -0.301. The zero-order valence-corrected chi connectivity index (χ0v) is 12.6. The molecule has 1 rings (SSSR count). The van der Waals surface area contributed by atoms with E-state index in [2.05, 4.69) is 36.7 Å². The molecule has 0 amide bonds. The monoisotopic (exact) mass is 288 g/mol. The van der Waals surface area contributed by atoms with Gasteiger partial charge in [0.25, 0.3) is 0 Å². The number of hydrogen-bond acceptors (Lipinski definition) is 3. The van der Waals surface area contributed by atoms with E-state index in [0.717, 1.165) is 6.54 Å². The van der Waals surface area contributed by atoms with Gasteiger partial charge in [0.1, 0.15) is 12.4 Å². The van der Waals surface area contributed by atoms with Gasteiger partial charge in [-0.15, -0.1) is 0 Å². The highest BCUT2D eigenvalue weighted by molar-refractivity contribution is 5.37. The van der Waals surface area contributed by atoms with E-state index in [1.807, 2.05) is 0 Å². The van der Waals surface area contributed by atoms with Crippen LogP contribution in [0.25, 0.3) is 0 Å². The molecule has 4 heteroatoms. The predicted octanol–water partition coefficient (Wildman–Crippen LogP) is 2.54. The summed E-state index contributed by atoms with van der Waals surface area (Å²) >= 11 is 0. The lowest BCUT2D eigenvalue weighted by Gasteiger charge is -2.23. The standard InChI is InChI=1S/C17H21FN2O/c1-14(2)12-20(9-4-8-19)13-16-7-6-15(5-3-10-21)11-17(16)18/h6-7,11,14,21H,4,9-10,12-13H2,1-2H3. The van der Waals surface area contributed by atoms with Gasteiger partial charge in [-0.2, -0.15) is 5.26 Å². The number of benzene rings is 1. The van der Waals surface area contributed by atoms with Gasteiger partial charge < -0.3 is 5.11 Å². The number of hydrogen-bond donors (Lipinski definition) is 1. The van der Waals surface area contributed by atoms with E-state index >= 15 is 0 Å². The van der Waals surface area contributed by atoms with Gasteiger partial charge in [0, 0.05) is 37.2 Å². The fourth-order valence-corrected chi connectivity index (χ4v) is 2.10. The minimum absolute atomic E-state index is 0.236. The lowest BCUT2D eigenvalue weighted by atomic mass is 10.1. The molecule has 0 radical (unpaired) electrons. The predicted molar refractivity (Wildman–Crippen MR) is 80.7 cm³/mol. The van der Waals surface area contributed by atoms with Gasteiger partial charge in [-0.3, -0.25) is 4.90 Å². The topological polar surface area (TPSA) is 47.3 Å². The molecule has 3 nitrogen and oxygen atoms in total. The van der Waals surface area contributed by atoms with Gasteiger partial charge in [-0.25, -0.2) is 4.39 Å². The van der Waals surface area contributed by atoms with Crippen LogP contribution in [0.2, 0.25) is 0 Å². The van der Waals surface area contributed by atoms with Crippen molar-refractivity contribution < 1.29 is 9.50 Å². The first-order valence-corrected chi connectivity index (χ1v) is 7.04. The molecule has 0 saturated carbocycles. The third-order valence-corrected chi connectivity index (χ3v) is 2.92. The molecule has 0 aliphatic heterocycles. The summed E-state index contributed by atoms with van der Waals surface area (Å²) in [7, 11) is 0. The molecule has 0 bridgehead atoms. The Labute approximate surface area is 126 Å². The van der Waals surface area contributed by atoms with Crippen molar-refractivity contribution in [3.63, 3.8) is 0 Å². The number of nitriles is 1. The van der Waals surface area contributed by atoms with Crippen LogP contribution in [-0.2, 0) is 6.54 Å². The first-order valence-electron chi connectivity index (χ1n) is 7.04. The van der Waals surface area contributed by atoms with Crippen molar-refractivity contribution in [2.75, 3.05) is 19.7 Å². The number of rotatable bonds is 6. The molecule has 0 heterocycles. The summed E-state index contributed by atoms with van der Waals surface area (Å²) in [5.41, 5.74) is 1.15. The number of halogens is 1. The first-order chi connectivity index (χ1) is 10.1. The Morgan fingerprint density at radius 1 is 1.38 bits per heavy atom. The van der Waals surface area contributed by atoms with Crippen molar-refractivity contribution in [2.45, 2.75) is 26.8 Å². The number of nitrogens with zero attached hydrogens (tertiary/aromatic N) is 2. The fraction of sp³-hybridized carbons (Fsp3) is 0.471. The van der Waals surface area contributed by atoms with E-state index in [1.54, 1.807) is 12.1 Å². The van der Waals surface area contributed by atoms with Gasteiger partial charge in [-0.1, -0.05) is 31.8 Å². The van der Waals surface area contributed by atoms with Crippen LogP contribution in [0.3, 0.4) is 0 Å². The van der Waals surface area contributed by atoms with E-state index in [-0.39, 0.29) is 12.4 Å². The van der Waals surface area contributed by atoms with Gasteiger partial charge in [0.2, 0.25) is 0 Å². The number of aliphatic hydroxyl groups is 1. The van der Waals surface area contributed by atoms with Gasteiger partial charge in [0.05, 0.1) is 6.07 Å². The average Bonchev–Trinajstić information content (AvgIpc) is 2.44. The maximum atomic E-state index is 14.1. The minimum Gasteiger partial charge on any atom is -0.384 e. The average molecular weight is 288 g/mol. The zero-order valence-electron chi connectivity index (χ0n) is 12.6. The fourth-order valence-electron chi connectivity index (χ4n) is 2.10. The van der Waals surface area contributed by atoms with Crippen LogP contribution < -0.4 is 0 Å². The second-order valence-corrected chi connectivity index (χ2v) is 5.30. The lowest BCUT2D eigenvalue weighted by Crippen LogP contribution is -2.28. The molecule has 0 aliphatic carbocycles. The van der Waals surface area contributed by atoms with Crippen molar-refractivity contribution in [1.29, 1.82) is 5.26 Å². The van der Waals surface area contributed by atoms with Crippen LogP contribution in [0.1, 0.15) is 31.4 Å². The van der Waals surface area contributed by atoms with E-state index in [1.165, 1.54) is 6.07 Å². The van der Waals surface area contributed by atoms with Crippen LogP contribution in [0.4, 0.5) is 4.39 Å². The molecule has 0 spiro atoms. The molecular formula is C17H21FN2O. The molecule has 0 saturated heterocycles. The highest BCUT2D eigenvalue weighted by atomic mass is 19.1. The molecule has 0 aromatic heterocycles. The summed E-state index contributed by atoms with van der Waals surface area (Å²) in [5, 5.41) is 17.3. The quantitative estimate of drug-likeness (QED) is 0.818. The molecule has 0 aliphatic rings. The molecule has 21 heavy (non-hydrogen) atoms. The van der Waals surface area contributed by atoms with Gasteiger partial charge >= 0.3 is 0 Å². The van der Waals surface area contributed by atoms with Gasteiger partial charge in [-0.05, 0) is 18.1 Å². The van der Waals surface area contributed by atoms with Crippen molar-refractivity contribution in [3.8, 4) is 17.9 Å². The molecule has 0 fully saturated rings. The van der Waals surface area contributed by atoms with Gasteiger partial charge in [0.15, 0.2) is 0 Å². The van der Waals surface area contributed by atoms with Crippen molar-refractivity contribution in [3.05, 3.63) is 35.1 Å². The summed E-state index contributed by atoms with van der Waals surface area (Å²) in [6.07, 6.45) is 0.439. The molecule has 1 N–H and O–H groups in total. The number of aliphatic hydroxyl groups excluding tert-OH is 1. The molecule has 0 unspecified atom stereocenters. The second-order valence-electron chi connectivity index (χ2n) is 5.30. The second kappa shape index (κ2) is 9.13. The van der Waals surface area contributed by atoms with Crippen molar-refractivity contribution >= 4 is 0 Å². The summed E-state index contributed by atoms with van der Waals surface area (Å²) in [4.78, 5) is 2.09. The Hall–Kier alpha value is -1.88. The first kappa shape index (κ1) is 17.2. The van der Waals surface area contributed by atoms with E-state index in [4.69, 9.17) is 10.4 Å². The van der Waals surface area contributed by atoms with Crippen LogP contribution >= 0.6 is 0 Å². The third-order valence-electron chi connectivity index (χ3n) is 2.92. The summed E-state index contributed by atoms with van der Waals surface area (Å²) in [5.74, 6) is 5.34. The smallest absolute Gasteiger partial charge is 0.128 e. The molecule has 0 atom stereocenters. The third kappa shape index (κ3) is 6.40. The van der Waals surface area contributed by atoms with E-state index < -0.39 is 0 Å². The van der Waals surface area contributed by atoms with Crippen LogP contribution in [0.15, 0.2) is 18.2 Å². The van der Waals surface area contributed by atoms with Crippen molar-refractivity contribution in [1.82, 2.24) is 4.90 Å². The lowest BCUT2D eigenvalue weighted by molar-refractivity contribution is 0.238. The Kier molecular flexibility index (Phi) is 7.46. The Morgan fingerprint density at radius 3 is 2.71 bits per heavy atom. The molecule has 112 valence electrons. The van der Waals surface area contributed by atoms with E-state index in [9.17, 15) is 4.39 Å². The molecule has 1 aromatic carbocycles. The Balaban J connectivity index is 2.81. The van der Waals surface area contributed by atoms with Crippen molar-refractivity contribution in [2.24, 2.45) is 5.92 Å². The highest BCUT2D eigenvalue weighted by Gasteiger charge is 2.11.